The van der Waals surface area contributed by atoms with Crippen LogP contribution in [0, 0.1) is 9.49 Å². The zero-order valence-corrected chi connectivity index (χ0v) is 20.1. The summed E-state index contributed by atoms with van der Waals surface area (Å²) < 4.78 is 46.3. The van der Waals surface area contributed by atoms with Crippen molar-refractivity contribution >= 4 is 34.6 Å². The van der Waals surface area contributed by atoms with Crippen molar-refractivity contribution in [3.63, 3.8) is 0 Å². The minimum Gasteiger partial charge on any atom is -0.444 e. The Morgan fingerprint density at radius 2 is 1.71 bits per heavy atom. The Bertz CT molecular complexity index is 800. The molecule has 0 N–H and O–H groups in total. The SMILES string of the molecule is CC(C)(C)OC(=O)N1CCC(CN(C(=O)C(F)(F)F)[C@H]2C[C@@H]2c2ccc(I)cc2)CC1. The Morgan fingerprint density at radius 1 is 1.13 bits per heavy atom. The van der Waals surface area contributed by atoms with Gasteiger partial charge in [-0.3, -0.25) is 4.79 Å². The molecule has 1 heterocycles. The monoisotopic (exact) mass is 552 g/mol. The molecule has 0 unspecified atom stereocenters. The largest absolute Gasteiger partial charge is 0.471 e. The second-order valence-corrected chi connectivity index (χ2v) is 10.6. The lowest BCUT2D eigenvalue weighted by Gasteiger charge is -2.36. The molecule has 1 aliphatic carbocycles. The van der Waals surface area contributed by atoms with Gasteiger partial charge in [-0.25, -0.2) is 4.79 Å². The molecule has 31 heavy (non-hydrogen) atoms. The summed E-state index contributed by atoms with van der Waals surface area (Å²) in [7, 11) is 0. The maximum atomic E-state index is 13.3. The van der Waals surface area contributed by atoms with E-state index in [4.69, 9.17) is 4.74 Å². The minimum absolute atomic E-state index is 0.0615. The van der Waals surface area contributed by atoms with Gasteiger partial charge in [0.2, 0.25) is 0 Å². The number of likely N-dealkylation sites (tertiary alicyclic amines) is 1. The number of alkyl halides is 3. The summed E-state index contributed by atoms with van der Waals surface area (Å²) in [5, 5.41) is 0. The first-order chi connectivity index (χ1) is 14.3. The molecular formula is C22H28F3IN2O3. The van der Waals surface area contributed by atoms with Crippen molar-refractivity contribution < 1.29 is 27.5 Å². The zero-order valence-electron chi connectivity index (χ0n) is 17.9. The van der Waals surface area contributed by atoms with E-state index in [0.29, 0.717) is 32.4 Å². The second-order valence-electron chi connectivity index (χ2n) is 9.33. The quantitative estimate of drug-likeness (QED) is 0.484. The number of halogens is 4. The van der Waals surface area contributed by atoms with Gasteiger partial charge in [0.25, 0.3) is 0 Å². The van der Waals surface area contributed by atoms with E-state index in [2.05, 4.69) is 22.6 Å². The molecule has 1 aromatic rings. The van der Waals surface area contributed by atoms with E-state index < -0.39 is 29.8 Å². The van der Waals surface area contributed by atoms with Crippen LogP contribution < -0.4 is 0 Å². The highest BCUT2D eigenvalue weighted by atomic mass is 127. The van der Waals surface area contributed by atoms with Gasteiger partial charge in [0.1, 0.15) is 5.60 Å². The Morgan fingerprint density at radius 3 is 2.23 bits per heavy atom. The van der Waals surface area contributed by atoms with Gasteiger partial charge in [0.15, 0.2) is 0 Å². The molecule has 0 spiro atoms. The minimum atomic E-state index is -4.89. The molecule has 2 amide bonds. The van der Waals surface area contributed by atoms with E-state index in [-0.39, 0.29) is 18.4 Å². The van der Waals surface area contributed by atoms with Crippen LogP contribution in [-0.4, -0.2) is 59.3 Å². The first kappa shape index (κ1) is 24.1. The third-order valence-corrected chi connectivity index (χ3v) is 6.40. The molecule has 1 aromatic carbocycles. The number of hydrogen-bond donors (Lipinski definition) is 0. The summed E-state index contributed by atoms with van der Waals surface area (Å²) in [6.07, 6.45) is -3.67. The number of piperidine rings is 1. The topological polar surface area (TPSA) is 49.9 Å². The number of carbonyl (C=O) groups excluding carboxylic acids is 2. The number of rotatable bonds is 4. The molecule has 0 radical (unpaired) electrons. The third kappa shape index (κ3) is 6.49. The van der Waals surface area contributed by atoms with Crippen LogP contribution in [0.15, 0.2) is 24.3 Å². The third-order valence-electron chi connectivity index (χ3n) is 5.68. The van der Waals surface area contributed by atoms with Crippen molar-refractivity contribution in [2.75, 3.05) is 19.6 Å². The number of nitrogens with zero attached hydrogens (tertiary/aromatic N) is 2. The molecule has 1 aliphatic heterocycles. The van der Waals surface area contributed by atoms with Gasteiger partial charge >= 0.3 is 18.2 Å². The number of carbonyl (C=O) groups is 2. The van der Waals surface area contributed by atoms with Crippen molar-refractivity contribution in [2.24, 2.45) is 5.92 Å². The molecule has 2 fully saturated rings. The van der Waals surface area contributed by atoms with E-state index in [1.54, 1.807) is 25.7 Å². The molecule has 5 nitrogen and oxygen atoms in total. The highest BCUT2D eigenvalue weighted by Crippen LogP contribution is 2.46. The van der Waals surface area contributed by atoms with E-state index in [1.165, 1.54) is 0 Å². The lowest BCUT2D eigenvalue weighted by atomic mass is 9.96. The molecule has 0 aromatic heterocycles. The first-order valence-corrected chi connectivity index (χ1v) is 11.5. The number of benzene rings is 1. The average molecular weight is 552 g/mol. The second kappa shape index (κ2) is 9.15. The Balaban J connectivity index is 1.62. The van der Waals surface area contributed by atoms with Crippen LogP contribution in [0.3, 0.4) is 0 Å². The van der Waals surface area contributed by atoms with E-state index in [9.17, 15) is 22.8 Å². The van der Waals surface area contributed by atoms with Crippen molar-refractivity contribution in [1.29, 1.82) is 0 Å². The van der Waals surface area contributed by atoms with Gasteiger partial charge < -0.3 is 14.5 Å². The fraction of sp³-hybridized carbons (Fsp3) is 0.636. The van der Waals surface area contributed by atoms with Crippen LogP contribution in [0.25, 0.3) is 0 Å². The van der Waals surface area contributed by atoms with Crippen LogP contribution in [0.1, 0.15) is 51.5 Å². The van der Waals surface area contributed by atoms with Gasteiger partial charge in [-0.15, -0.1) is 0 Å². The van der Waals surface area contributed by atoms with Gasteiger partial charge in [0, 0.05) is 35.2 Å². The van der Waals surface area contributed by atoms with Gasteiger partial charge in [-0.1, -0.05) is 12.1 Å². The number of amides is 2. The smallest absolute Gasteiger partial charge is 0.444 e. The highest BCUT2D eigenvalue weighted by molar-refractivity contribution is 14.1. The molecule has 0 bridgehead atoms. The number of hydrogen-bond acceptors (Lipinski definition) is 3. The summed E-state index contributed by atoms with van der Waals surface area (Å²) >= 11 is 2.18. The molecule has 9 heteroatoms. The molecule has 3 rings (SSSR count). The molecule has 2 atom stereocenters. The Labute approximate surface area is 194 Å². The summed E-state index contributed by atoms with van der Waals surface area (Å²) in [6.45, 7) is 6.26. The molecule has 172 valence electrons. The summed E-state index contributed by atoms with van der Waals surface area (Å²) in [5.74, 6) is -1.91. The fourth-order valence-electron chi connectivity index (χ4n) is 4.03. The Kier molecular flexibility index (Phi) is 7.12. The van der Waals surface area contributed by atoms with Crippen LogP contribution in [0.2, 0.25) is 0 Å². The van der Waals surface area contributed by atoms with Crippen molar-refractivity contribution in [3.8, 4) is 0 Å². The highest BCUT2D eigenvalue weighted by Gasteiger charge is 2.52. The zero-order chi connectivity index (χ0) is 23.0. The lowest BCUT2D eigenvalue weighted by molar-refractivity contribution is -0.187. The summed E-state index contributed by atoms with van der Waals surface area (Å²) in [6, 6.07) is 7.25. The van der Waals surface area contributed by atoms with Crippen LogP contribution >= 0.6 is 22.6 Å². The van der Waals surface area contributed by atoms with Crippen molar-refractivity contribution in [1.82, 2.24) is 9.80 Å². The lowest BCUT2D eigenvalue weighted by Crippen LogP contribution is -2.48. The fourth-order valence-corrected chi connectivity index (χ4v) is 4.39. The van der Waals surface area contributed by atoms with Crippen molar-refractivity contribution in [2.45, 2.75) is 63.8 Å². The Hall–Kier alpha value is -1.52. The summed E-state index contributed by atoms with van der Waals surface area (Å²) in [5.41, 5.74) is 0.366. The van der Waals surface area contributed by atoms with Crippen LogP contribution in [-0.2, 0) is 9.53 Å². The first-order valence-electron chi connectivity index (χ1n) is 10.5. The van der Waals surface area contributed by atoms with E-state index >= 15 is 0 Å². The predicted octanol–water partition coefficient (Wildman–Crippen LogP) is 5.19. The predicted molar refractivity (Wildman–Crippen MR) is 119 cm³/mol. The molecular weight excluding hydrogens is 524 g/mol. The van der Waals surface area contributed by atoms with Crippen molar-refractivity contribution in [3.05, 3.63) is 33.4 Å². The van der Waals surface area contributed by atoms with E-state index in [1.807, 2.05) is 24.3 Å². The van der Waals surface area contributed by atoms with Gasteiger partial charge in [-0.2, -0.15) is 13.2 Å². The normalized spacial score (nSPS) is 22.2. The number of ether oxygens (including phenoxy) is 1. The molecule has 2 aliphatic rings. The molecule has 1 saturated heterocycles. The van der Waals surface area contributed by atoms with Gasteiger partial charge in [-0.05, 0) is 86.2 Å². The van der Waals surface area contributed by atoms with Crippen LogP contribution in [0.4, 0.5) is 18.0 Å². The maximum Gasteiger partial charge on any atom is 0.471 e. The standard InChI is InChI=1S/C22H28F3IN2O3/c1-21(2,3)31-20(30)27-10-8-14(9-11-27)13-28(19(29)22(23,24)25)18-12-17(18)15-4-6-16(26)7-5-15/h4-7,14,17-18H,8-13H2,1-3H3/t17-,18+/m1/s1. The van der Waals surface area contributed by atoms with Crippen LogP contribution in [0.5, 0.6) is 0 Å². The average Bonchev–Trinajstić information content (AvgIpc) is 3.45. The molecule has 1 saturated carbocycles. The summed E-state index contributed by atoms with van der Waals surface area (Å²) in [4.78, 5) is 27.0. The van der Waals surface area contributed by atoms with Gasteiger partial charge in [0.05, 0.1) is 0 Å². The van der Waals surface area contributed by atoms with E-state index in [0.717, 1.165) is 14.0 Å². The maximum absolute atomic E-state index is 13.3.